The molecule has 27 heavy (non-hydrogen) atoms. The minimum absolute atomic E-state index is 0.192. The van der Waals surface area contributed by atoms with Gasteiger partial charge in [0.15, 0.2) is 0 Å². The Labute approximate surface area is 168 Å². The first-order valence-electron chi connectivity index (χ1n) is 11.6. The average molecular weight is 380 g/mol. The van der Waals surface area contributed by atoms with Crippen LogP contribution in [-0.2, 0) is 4.79 Å². The highest BCUT2D eigenvalue weighted by Crippen LogP contribution is 2.10. The summed E-state index contributed by atoms with van der Waals surface area (Å²) < 4.78 is 0. The summed E-state index contributed by atoms with van der Waals surface area (Å²) in [7, 11) is 2.13. The standard InChI is InChI=1S/C23H45N3O/c1-3-4-5-6-7-8-9-10-11-12-13-14-15-16-17-18-23(27)24-26-21-19-25(2)20-22-26/h10-11H,3-9,12-22H2,1-2H3,(H,24,27). The van der Waals surface area contributed by atoms with Crippen LogP contribution in [0.2, 0.25) is 0 Å². The molecule has 158 valence electrons. The lowest BCUT2D eigenvalue weighted by molar-refractivity contribution is -0.126. The molecule has 1 amide bonds. The summed E-state index contributed by atoms with van der Waals surface area (Å²) in [6, 6.07) is 0. The van der Waals surface area contributed by atoms with Gasteiger partial charge in [0.05, 0.1) is 0 Å². The van der Waals surface area contributed by atoms with Crippen LogP contribution in [0.25, 0.3) is 0 Å². The van der Waals surface area contributed by atoms with Crippen molar-refractivity contribution in [3.8, 4) is 0 Å². The summed E-state index contributed by atoms with van der Waals surface area (Å²) in [5.74, 6) is 0.192. The number of hydrazine groups is 1. The Balaban J connectivity index is 1.80. The number of nitrogens with one attached hydrogen (secondary N) is 1. The molecule has 1 aliphatic heterocycles. The van der Waals surface area contributed by atoms with Crippen LogP contribution < -0.4 is 5.43 Å². The number of piperazine rings is 1. The van der Waals surface area contributed by atoms with Crippen molar-refractivity contribution in [3.05, 3.63) is 12.2 Å². The second-order valence-corrected chi connectivity index (χ2v) is 8.16. The normalized spacial score (nSPS) is 16.2. The molecule has 0 saturated carbocycles. The van der Waals surface area contributed by atoms with E-state index in [9.17, 15) is 4.79 Å². The predicted molar refractivity (Wildman–Crippen MR) is 117 cm³/mol. The molecule has 0 unspecified atom stereocenters. The Hall–Kier alpha value is -0.870. The molecule has 0 spiro atoms. The van der Waals surface area contributed by atoms with Crippen LogP contribution in [-0.4, -0.2) is 49.0 Å². The molecule has 1 heterocycles. The number of carbonyl (C=O) groups excluding carboxylic acids is 1. The lowest BCUT2D eigenvalue weighted by Gasteiger charge is -2.32. The van der Waals surface area contributed by atoms with Crippen LogP contribution in [0.1, 0.15) is 96.8 Å². The first-order valence-corrected chi connectivity index (χ1v) is 11.6. The highest BCUT2D eigenvalue weighted by molar-refractivity contribution is 5.75. The van der Waals surface area contributed by atoms with E-state index in [1.165, 1.54) is 77.0 Å². The van der Waals surface area contributed by atoms with Crippen molar-refractivity contribution in [2.45, 2.75) is 96.8 Å². The van der Waals surface area contributed by atoms with Crippen molar-refractivity contribution >= 4 is 5.91 Å². The Morgan fingerprint density at radius 1 is 0.778 bits per heavy atom. The van der Waals surface area contributed by atoms with Crippen LogP contribution in [0.15, 0.2) is 12.2 Å². The molecular weight excluding hydrogens is 334 g/mol. The van der Waals surface area contributed by atoms with Crippen LogP contribution in [0.3, 0.4) is 0 Å². The van der Waals surface area contributed by atoms with E-state index in [4.69, 9.17) is 0 Å². The Morgan fingerprint density at radius 3 is 1.89 bits per heavy atom. The molecule has 1 aliphatic rings. The quantitative estimate of drug-likeness (QED) is 0.292. The van der Waals surface area contributed by atoms with Crippen LogP contribution in [0.5, 0.6) is 0 Å². The van der Waals surface area contributed by atoms with Crippen molar-refractivity contribution < 1.29 is 4.79 Å². The highest BCUT2D eigenvalue weighted by atomic mass is 16.2. The second kappa shape index (κ2) is 17.2. The van der Waals surface area contributed by atoms with E-state index in [1.807, 2.05) is 0 Å². The maximum absolute atomic E-state index is 12.0. The molecule has 0 aromatic rings. The number of likely N-dealkylation sites (N-methyl/N-ethyl adjacent to an activating group) is 1. The third-order valence-electron chi connectivity index (χ3n) is 5.45. The van der Waals surface area contributed by atoms with Gasteiger partial charge in [-0.2, -0.15) is 0 Å². The largest absolute Gasteiger partial charge is 0.304 e. The molecule has 0 aromatic carbocycles. The zero-order valence-electron chi connectivity index (χ0n) is 18.2. The third kappa shape index (κ3) is 14.8. The SMILES string of the molecule is CCCCCCCCC=CCCCCCCCC(=O)NN1CCN(C)CC1. The second-order valence-electron chi connectivity index (χ2n) is 8.16. The number of hydrogen-bond acceptors (Lipinski definition) is 3. The molecule has 0 bridgehead atoms. The van der Waals surface area contributed by atoms with Crippen LogP contribution >= 0.6 is 0 Å². The van der Waals surface area contributed by atoms with Gasteiger partial charge in [-0.3, -0.25) is 10.2 Å². The molecule has 0 atom stereocenters. The van der Waals surface area contributed by atoms with Crippen molar-refractivity contribution in [1.82, 2.24) is 15.3 Å². The van der Waals surface area contributed by atoms with Crippen molar-refractivity contribution in [1.29, 1.82) is 0 Å². The fourth-order valence-electron chi connectivity index (χ4n) is 3.51. The zero-order chi connectivity index (χ0) is 19.6. The van der Waals surface area contributed by atoms with Gasteiger partial charge in [0, 0.05) is 32.6 Å². The molecular formula is C23H45N3O. The lowest BCUT2D eigenvalue weighted by Crippen LogP contribution is -2.52. The maximum atomic E-state index is 12.0. The van der Waals surface area contributed by atoms with Gasteiger partial charge in [0.25, 0.3) is 0 Å². The molecule has 1 rings (SSSR count). The fourth-order valence-corrected chi connectivity index (χ4v) is 3.51. The Kier molecular flexibility index (Phi) is 15.4. The van der Waals surface area contributed by atoms with Gasteiger partial charge in [-0.25, -0.2) is 5.01 Å². The van der Waals surface area contributed by atoms with E-state index < -0.39 is 0 Å². The fraction of sp³-hybridized carbons (Fsp3) is 0.870. The number of carbonyl (C=O) groups is 1. The van der Waals surface area contributed by atoms with E-state index in [2.05, 4.69) is 41.5 Å². The Bertz CT molecular complexity index is 376. The topological polar surface area (TPSA) is 35.6 Å². The monoisotopic (exact) mass is 379 g/mol. The van der Waals surface area contributed by atoms with Gasteiger partial charge in [0.1, 0.15) is 0 Å². The molecule has 1 fully saturated rings. The average Bonchev–Trinajstić information content (AvgIpc) is 2.66. The maximum Gasteiger partial charge on any atom is 0.234 e. The van der Waals surface area contributed by atoms with E-state index in [-0.39, 0.29) is 5.91 Å². The van der Waals surface area contributed by atoms with Gasteiger partial charge in [-0.15, -0.1) is 0 Å². The number of hydrogen-bond donors (Lipinski definition) is 1. The molecule has 0 aromatic heterocycles. The van der Waals surface area contributed by atoms with E-state index in [0.29, 0.717) is 6.42 Å². The predicted octanol–water partition coefficient (Wildman–Crippen LogP) is 5.30. The molecule has 4 heteroatoms. The van der Waals surface area contributed by atoms with Crippen molar-refractivity contribution in [2.75, 3.05) is 33.2 Å². The minimum atomic E-state index is 0.192. The lowest BCUT2D eigenvalue weighted by atomic mass is 10.1. The van der Waals surface area contributed by atoms with Gasteiger partial charge in [-0.1, -0.05) is 70.4 Å². The smallest absolute Gasteiger partial charge is 0.234 e. The molecule has 4 nitrogen and oxygen atoms in total. The van der Waals surface area contributed by atoms with Crippen molar-refractivity contribution in [3.63, 3.8) is 0 Å². The van der Waals surface area contributed by atoms with Crippen LogP contribution in [0.4, 0.5) is 0 Å². The zero-order valence-corrected chi connectivity index (χ0v) is 18.2. The summed E-state index contributed by atoms with van der Waals surface area (Å²) >= 11 is 0. The van der Waals surface area contributed by atoms with Gasteiger partial charge in [0.2, 0.25) is 5.91 Å². The first-order chi connectivity index (χ1) is 13.2. The van der Waals surface area contributed by atoms with Crippen LogP contribution in [0, 0.1) is 0 Å². The van der Waals surface area contributed by atoms with Crippen molar-refractivity contribution in [2.24, 2.45) is 0 Å². The number of rotatable bonds is 16. The summed E-state index contributed by atoms with van der Waals surface area (Å²) in [5.41, 5.74) is 3.05. The molecule has 0 aliphatic carbocycles. The van der Waals surface area contributed by atoms with E-state index in [1.54, 1.807) is 0 Å². The summed E-state index contributed by atoms with van der Waals surface area (Å²) in [5, 5.41) is 2.07. The van der Waals surface area contributed by atoms with Gasteiger partial charge in [-0.05, 0) is 39.2 Å². The summed E-state index contributed by atoms with van der Waals surface area (Å²) in [6.07, 6.45) is 22.3. The molecule has 1 saturated heterocycles. The van der Waals surface area contributed by atoms with E-state index in [0.717, 1.165) is 32.6 Å². The molecule has 0 radical (unpaired) electrons. The highest BCUT2D eigenvalue weighted by Gasteiger charge is 2.15. The molecule has 1 N–H and O–H groups in total. The first kappa shape index (κ1) is 24.2. The number of allylic oxidation sites excluding steroid dienone is 2. The summed E-state index contributed by atoms with van der Waals surface area (Å²) in [6.45, 7) is 6.22. The Morgan fingerprint density at radius 2 is 1.30 bits per heavy atom. The van der Waals surface area contributed by atoms with E-state index >= 15 is 0 Å². The number of nitrogens with zero attached hydrogens (tertiary/aromatic N) is 2. The summed E-state index contributed by atoms with van der Waals surface area (Å²) in [4.78, 5) is 14.2. The third-order valence-corrected chi connectivity index (χ3v) is 5.45. The van der Waals surface area contributed by atoms with Gasteiger partial charge >= 0.3 is 0 Å². The van der Waals surface area contributed by atoms with Gasteiger partial charge < -0.3 is 4.90 Å². The minimum Gasteiger partial charge on any atom is -0.304 e. The number of unbranched alkanes of at least 4 members (excludes halogenated alkanes) is 11. The number of amides is 1.